The largest absolute Gasteiger partial charge is 0.463 e. The van der Waals surface area contributed by atoms with Crippen molar-refractivity contribution in [2.75, 3.05) is 25.6 Å². The van der Waals surface area contributed by atoms with Crippen LogP contribution in [-0.4, -0.2) is 34.0 Å². The van der Waals surface area contributed by atoms with E-state index in [1.807, 2.05) is 31.1 Å². The second kappa shape index (κ2) is 6.21. The van der Waals surface area contributed by atoms with Gasteiger partial charge < -0.3 is 9.64 Å². The van der Waals surface area contributed by atoms with E-state index in [1.165, 1.54) is 0 Å². The Hall–Kier alpha value is -1.45. The molecule has 0 aliphatic rings. The number of hydrogen-bond donors (Lipinski definition) is 0. The number of carbonyl (C=O) groups excluding carboxylic acids is 1. The molecule has 0 fully saturated rings. The average molecular weight is 219 g/mol. The zero-order chi connectivity index (χ0) is 12.0. The van der Waals surface area contributed by atoms with Gasteiger partial charge in [-0.05, 0) is 30.6 Å². The number of ether oxygens (including phenoxy) is 1. The van der Waals surface area contributed by atoms with Crippen molar-refractivity contribution in [2.24, 2.45) is 0 Å². The molecular weight excluding hydrogens is 201 g/mol. The van der Waals surface area contributed by atoms with Crippen LogP contribution in [0.15, 0.2) is 24.3 Å². The molecule has 0 amide bonds. The molecule has 4 heteroatoms. The molecule has 3 nitrogen and oxygen atoms in total. The number of esters is 1. The quantitative estimate of drug-likeness (QED) is 0.429. The van der Waals surface area contributed by atoms with E-state index in [-0.39, 0.29) is 5.97 Å². The Labute approximate surface area is 97.6 Å². The Morgan fingerprint density at radius 3 is 2.44 bits per heavy atom. The van der Waals surface area contributed by atoms with Crippen LogP contribution in [0.25, 0.3) is 0 Å². The fourth-order valence-electron chi connectivity index (χ4n) is 1.29. The summed E-state index contributed by atoms with van der Waals surface area (Å²) in [5.74, 6) is -0.237. The smallest absolute Gasteiger partial charge is 0.338 e. The van der Waals surface area contributed by atoms with E-state index < -0.39 is 0 Å². The van der Waals surface area contributed by atoms with Gasteiger partial charge in [0.15, 0.2) is 0 Å². The van der Waals surface area contributed by atoms with E-state index >= 15 is 0 Å². The highest BCUT2D eigenvalue weighted by atomic mass is 16.5. The number of benzene rings is 1. The summed E-state index contributed by atoms with van der Waals surface area (Å²) in [5, 5.41) is 0. The van der Waals surface area contributed by atoms with Gasteiger partial charge in [-0.2, -0.15) is 0 Å². The number of anilines is 1. The first-order valence-electron chi connectivity index (χ1n) is 5.59. The normalized spacial score (nSPS) is 9.69. The summed E-state index contributed by atoms with van der Waals surface area (Å²) in [4.78, 5) is 13.6. The van der Waals surface area contributed by atoms with Crippen LogP contribution in [0.2, 0.25) is 13.1 Å². The second-order valence-electron chi connectivity index (χ2n) is 3.93. The first-order chi connectivity index (χ1) is 7.65. The molecule has 0 spiro atoms. The van der Waals surface area contributed by atoms with Crippen molar-refractivity contribution in [3.63, 3.8) is 0 Å². The predicted octanol–water partition coefficient (Wildman–Crippen LogP) is 1.81. The molecule has 0 saturated carbocycles. The molecule has 0 radical (unpaired) electrons. The predicted molar refractivity (Wildman–Crippen MR) is 68.9 cm³/mol. The van der Waals surface area contributed by atoms with Crippen molar-refractivity contribution >= 4 is 18.9 Å². The van der Waals surface area contributed by atoms with Crippen LogP contribution >= 0.6 is 0 Å². The van der Waals surface area contributed by atoms with Crippen molar-refractivity contribution in [3.8, 4) is 0 Å². The Kier molecular flexibility index (Phi) is 4.90. The van der Waals surface area contributed by atoms with Gasteiger partial charge in [-0.3, -0.25) is 0 Å². The second-order valence-corrected chi connectivity index (χ2v) is 3.93. The molecule has 0 aliphatic carbocycles. The lowest BCUT2D eigenvalue weighted by Gasteiger charge is -2.12. The summed E-state index contributed by atoms with van der Waals surface area (Å²) in [7, 11) is 4.97. The Balaban J connectivity index is 2.56. The van der Waals surface area contributed by atoms with Gasteiger partial charge in [-0.15, -0.1) is 0 Å². The van der Waals surface area contributed by atoms with Gasteiger partial charge in [-0.1, -0.05) is 6.82 Å². The molecule has 0 heterocycles. The molecule has 0 N–H and O–H groups in total. The molecule has 0 bridgehead atoms. The summed E-state index contributed by atoms with van der Waals surface area (Å²) in [6.07, 6.45) is 0.918. The SMILES string of the molecule is CBCCOC(=O)c1ccc(N(C)C)cc1. The number of nitrogens with zero attached hydrogens (tertiary/aromatic N) is 1. The number of rotatable bonds is 5. The molecule has 86 valence electrons. The van der Waals surface area contributed by atoms with Gasteiger partial charge in [-0.25, -0.2) is 4.79 Å². The third-order valence-electron chi connectivity index (χ3n) is 2.35. The fraction of sp³-hybridized carbons (Fsp3) is 0.417. The highest BCUT2D eigenvalue weighted by Crippen LogP contribution is 2.12. The van der Waals surface area contributed by atoms with E-state index in [0.717, 1.165) is 19.3 Å². The summed E-state index contributed by atoms with van der Waals surface area (Å²) < 4.78 is 5.12. The summed E-state index contributed by atoms with van der Waals surface area (Å²) in [6, 6.07) is 7.42. The van der Waals surface area contributed by atoms with Crippen LogP contribution in [0.1, 0.15) is 10.4 Å². The van der Waals surface area contributed by atoms with Gasteiger partial charge >= 0.3 is 5.97 Å². The minimum absolute atomic E-state index is 0.237. The molecule has 1 aromatic carbocycles. The molecule has 0 aliphatic heterocycles. The van der Waals surface area contributed by atoms with E-state index in [9.17, 15) is 4.79 Å². The van der Waals surface area contributed by atoms with Gasteiger partial charge in [0.25, 0.3) is 0 Å². The van der Waals surface area contributed by atoms with Crippen molar-refractivity contribution in [1.82, 2.24) is 0 Å². The van der Waals surface area contributed by atoms with Crippen molar-refractivity contribution in [1.29, 1.82) is 0 Å². The van der Waals surface area contributed by atoms with Crippen LogP contribution in [0.4, 0.5) is 5.69 Å². The average Bonchev–Trinajstić information content (AvgIpc) is 2.29. The van der Waals surface area contributed by atoms with Gasteiger partial charge in [0.2, 0.25) is 0 Å². The molecule has 16 heavy (non-hydrogen) atoms. The minimum Gasteiger partial charge on any atom is -0.463 e. The fourth-order valence-corrected chi connectivity index (χ4v) is 1.29. The highest BCUT2D eigenvalue weighted by molar-refractivity contribution is 6.33. The third-order valence-corrected chi connectivity index (χ3v) is 2.35. The Morgan fingerprint density at radius 1 is 1.31 bits per heavy atom. The summed E-state index contributed by atoms with van der Waals surface area (Å²) >= 11 is 0. The molecular formula is C12H18BNO2. The first kappa shape index (κ1) is 12.6. The summed E-state index contributed by atoms with van der Waals surface area (Å²) in [5.41, 5.74) is 1.69. The van der Waals surface area contributed by atoms with Gasteiger partial charge in [0, 0.05) is 19.8 Å². The van der Waals surface area contributed by atoms with Gasteiger partial charge in [0.1, 0.15) is 7.28 Å². The lowest BCUT2D eigenvalue weighted by molar-refractivity contribution is 0.0526. The third kappa shape index (κ3) is 3.61. The van der Waals surface area contributed by atoms with Crippen LogP contribution in [-0.2, 0) is 4.74 Å². The Morgan fingerprint density at radius 2 is 1.94 bits per heavy atom. The first-order valence-corrected chi connectivity index (χ1v) is 5.59. The van der Waals surface area contributed by atoms with Gasteiger partial charge in [0.05, 0.1) is 12.2 Å². The zero-order valence-corrected chi connectivity index (χ0v) is 10.2. The topological polar surface area (TPSA) is 29.5 Å². The van der Waals surface area contributed by atoms with Crippen LogP contribution in [0, 0.1) is 0 Å². The monoisotopic (exact) mass is 219 g/mol. The molecule has 1 aromatic rings. The van der Waals surface area contributed by atoms with Crippen LogP contribution in [0.5, 0.6) is 0 Å². The molecule has 0 aromatic heterocycles. The molecule has 0 unspecified atom stereocenters. The van der Waals surface area contributed by atoms with Crippen molar-refractivity contribution < 1.29 is 9.53 Å². The standard InChI is InChI=1S/C12H18BNO2/c1-13-8-9-16-12(15)10-4-6-11(7-5-10)14(2)3/h4-7,13H,8-9H2,1-3H3. The maximum atomic E-state index is 11.6. The van der Waals surface area contributed by atoms with Crippen LogP contribution in [0.3, 0.4) is 0 Å². The maximum absolute atomic E-state index is 11.6. The van der Waals surface area contributed by atoms with E-state index in [4.69, 9.17) is 4.74 Å². The zero-order valence-electron chi connectivity index (χ0n) is 10.2. The Bertz CT molecular complexity index is 335. The van der Waals surface area contributed by atoms with E-state index in [0.29, 0.717) is 12.2 Å². The highest BCUT2D eigenvalue weighted by Gasteiger charge is 2.06. The lowest BCUT2D eigenvalue weighted by Crippen LogP contribution is -2.10. The minimum atomic E-state index is -0.237. The molecule has 1 rings (SSSR count). The maximum Gasteiger partial charge on any atom is 0.338 e. The molecule has 0 saturated heterocycles. The van der Waals surface area contributed by atoms with Crippen LogP contribution < -0.4 is 4.90 Å². The number of hydrogen-bond acceptors (Lipinski definition) is 3. The van der Waals surface area contributed by atoms with Crippen molar-refractivity contribution in [3.05, 3.63) is 29.8 Å². The lowest BCUT2D eigenvalue weighted by atomic mass is 9.79. The van der Waals surface area contributed by atoms with E-state index in [2.05, 4.69) is 6.82 Å². The van der Waals surface area contributed by atoms with E-state index in [1.54, 1.807) is 12.1 Å². The van der Waals surface area contributed by atoms with Crippen molar-refractivity contribution in [2.45, 2.75) is 13.1 Å². The molecule has 0 atom stereocenters. The summed E-state index contributed by atoms with van der Waals surface area (Å²) in [6.45, 7) is 2.57. The number of carbonyl (C=O) groups is 1.